The van der Waals surface area contributed by atoms with Crippen LogP contribution in [0.2, 0.25) is 0 Å². The zero-order valence-electron chi connectivity index (χ0n) is 23.4. The van der Waals surface area contributed by atoms with Gasteiger partial charge < -0.3 is 83.6 Å². The average molecular weight is 595 g/mol. The maximum atomic E-state index is 11.2. The minimum atomic E-state index is -1.49. The van der Waals surface area contributed by atoms with E-state index in [1.54, 1.807) is 0 Å². The summed E-state index contributed by atoms with van der Waals surface area (Å²) in [5.41, 5.74) is 37.2. The summed E-state index contributed by atoms with van der Waals surface area (Å²) in [7, 11) is 0. The molecule has 0 spiro atoms. The monoisotopic (exact) mass is 594 g/mol. The van der Waals surface area contributed by atoms with Gasteiger partial charge >= 0.3 is 0 Å². The zero-order chi connectivity index (χ0) is 30.2. The fourth-order valence-electron chi connectivity index (χ4n) is 6.49. The predicted molar refractivity (Wildman–Crippen MR) is 143 cm³/mol. The van der Waals surface area contributed by atoms with Gasteiger partial charge in [0.2, 0.25) is 0 Å². The van der Waals surface area contributed by atoms with Crippen LogP contribution in [0.4, 0.5) is 0 Å². The van der Waals surface area contributed by atoms with Gasteiger partial charge in [-0.25, -0.2) is 0 Å². The second kappa shape index (κ2) is 14.0. The van der Waals surface area contributed by atoms with Crippen molar-refractivity contribution in [2.24, 2.45) is 40.3 Å². The first-order valence-electron chi connectivity index (χ1n) is 14.5. The Morgan fingerprint density at radius 2 is 1.44 bits per heavy atom. The van der Waals surface area contributed by atoms with E-state index in [4.69, 9.17) is 58.1 Å². The van der Waals surface area contributed by atoms with Crippen LogP contribution < -0.4 is 34.4 Å². The average Bonchev–Trinajstić information content (AvgIpc) is 3.25. The first-order valence-corrected chi connectivity index (χ1v) is 14.5. The number of hydrogen-bond acceptors (Lipinski definition) is 16. The Bertz CT molecular complexity index is 836. The van der Waals surface area contributed by atoms with E-state index in [1.807, 2.05) is 6.92 Å². The molecule has 4 rings (SSSR count). The summed E-state index contributed by atoms with van der Waals surface area (Å²) >= 11 is 0. The lowest BCUT2D eigenvalue weighted by molar-refractivity contribution is -0.280. The van der Waals surface area contributed by atoms with E-state index in [-0.39, 0.29) is 25.1 Å². The van der Waals surface area contributed by atoms with Gasteiger partial charge in [0, 0.05) is 36.6 Å². The lowest BCUT2D eigenvalue weighted by Gasteiger charge is -2.50. The van der Waals surface area contributed by atoms with E-state index < -0.39 is 104 Å². The Labute approximate surface area is 239 Å². The highest BCUT2D eigenvalue weighted by atomic mass is 16.7. The van der Waals surface area contributed by atoms with Gasteiger partial charge in [-0.15, -0.1) is 0 Å². The smallest absolute Gasteiger partial charge is 0.187 e. The van der Waals surface area contributed by atoms with E-state index in [9.17, 15) is 25.5 Å². The summed E-state index contributed by atoms with van der Waals surface area (Å²) in [6.07, 6.45) is -11.0. The Balaban J connectivity index is 1.52. The number of aliphatic hydroxyl groups is 5. The Hall–Kier alpha value is -0.640. The highest BCUT2D eigenvalue weighted by Crippen LogP contribution is 2.38. The molecule has 3 saturated heterocycles. The summed E-state index contributed by atoms with van der Waals surface area (Å²) in [5.74, 6) is -0.618. The van der Waals surface area contributed by atoms with E-state index in [0.717, 1.165) is 0 Å². The van der Waals surface area contributed by atoms with Crippen LogP contribution >= 0.6 is 0 Å². The number of rotatable bonds is 9. The van der Waals surface area contributed by atoms with Crippen LogP contribution in [-0.4, -0.2) is 143 Å². The molecule has 0 radical (unpaired) electrons. The van der Waals surface area contributed by atoms with E-state index >= 15 is 0 Å². The topological polar surface area (TPSA) is 303 Å². The molecule has 1 unspecified atom stereocenters. The van der Waals surface area contributed by atoms with Crippen molar-refractivity contribution in [2.75, 3.05) is 13.2 Å². The lowest BCUT2D eigenvalue weighted by Crippen LogP contribution is -2.67. The Kier molecular flexibility index (Phi) is 11.3. The van der Waals surface area contributed by atoms with Crippen LogP contribution in [0.25, 0.3) is 0 Å². The molecular weight excluding hydrogens is 544 g/mol. The molecule has 4 aliphatic rings. The molecule has 0 bridgehead atoms. The molecule has 0 amide bonds. The largest absolute Gasteiger partial charge is 0.394 e. The van der Waals surface area contributed by atoms with Crippen molar-refractivity contribution >= 4 is 0 Å². The summed E-state index contributed by atoms with van der Waals surface area (Å²) < 4.78 is 29.9. The third-order valence-electron chi connectivity index (χ3n) is 9.09. The second-order valence-corrected chi connectivity index (χ2v) is 11.8. The molecule has 16 heteroatoms. The third-order valence-corrected chi connectivity index (χ3v) is 9.09. The molecule has 17 N–H and O–H groups in total. The molecule has 41 heavy (non-hydrogen) atoms. The van der Waals surface area contributed by atoms with Gasteiger partial charge in [-0.05, 0) is 25.7 Å². The standard InChI is InChI=1S/C25H50N6O10/c1-2-8(27)12-4-3-9(28)21(37-12)15-10(29)5-11(30)17(33)23(15)41-25-20(36)22(14(7-32)39-25)40-24-16(31)19(35)18(34)13(6-26)38-24/h8-25,32-36H,2-7,26-31H2,1H3/t8-,9+,10-,11+,12-,13-,14+,15?,16+,17-,18+,19+,20+,21-,22+,23-,24+,25-/m0/s1. The fraction of sp³-hybridized carbons (Fsp3) is 1.00. The molecule has 0 aromatic rings. The van der Waals surface area contributed by atoms with Crippen LogP contribution in [0.5, 0.6) is 0 Å². The van der Waals surface area contributed by atoms with Crippen molar-refractivity contribution in [3.8, 4) is 0 Å². The van der Waals surface area contributed by atoms with Crippen molar-refractivity contribution in [2.45, 2.75) is 136 Å². The SMILES string of the molecule is CC[C@H](N)[C@@H]1CC[C@@H](N)[C@@H](C2[C@@H](N)C[C@@H](N)[C@H](O)[C@H]2O[C@@H]2O[C@H](CO)[C@@H](O[C@H]3O[C@@H](CN)[C@@H](O)[C@H](O)[C@H]3N)[C@H]2O)O1. The summed E-state index contributed by atoms with van der Waals surface area (Å²) in [4.78, 5) is 0. The molecule has 0 aromatic heterocycles. The van der Waals surface area contributed by atoms with E-state index in [2.05, 4.69) is 0 Å². The molecule has 3 aliphatic heterocycles. The molecule has 18 atom stereocenters. The number of nitrogens with two attached hydrogens (primary N) is 6. The van der Waals surface area contributed by atoms with E-state index in [1.165, 1.54) is 0 Å². The van der Waals surface area contributed by atoms with Crippen LogP contribution in [0.1, 0.15) is 32.6 Å². The minimum absolute atomic E-state index is 0.124. The van der Waals surface area contributed by atoms with Crippen molar-refractivity contribution in [3.05, 3.63) is 0 Å². The van der Waals surface area contributed by atoms with Crippen molar-refractivity contribution in [1.29, 1.82) is 0 Å². The van der Waals surface area contributed by atoms with Crippen molar-refractivity contribution in [1.82, 2.24) is 0 Å². The van der Waals surface area contributed by atoms with Gasteiger partial charge in [0.15, 0.2) is 12.6 Å². The van der Waals surface area contributed by atoms with Crippen LogP contribution in [-0.2, 0) is 23.7 Å². The zero-order valence-corrected chi connectivity index (χ0v) is 23.4. The van der Waals surface area contributed by atoms with Crippen molar-refractivity contribution in [3.63, 3.8) is 0 Å². The first-order chi connectivity index (χ1) is 19.4. The van der Waals surface area contributed by atoms with Gasteiger partial charge in [0.25, 0.3) is 0 Å². The Morgan fingerprint density at radius 1 is 0.780 bits per heavy atom. The molecular formula is C25H50N6O10. The van der Waals surface area contributed by atoms with Gasteiger partial charge in [-0.1, -0.05) is 6.92 Å². The molecule has 16 nitrogen and oxygen atoms in total. The first kappa shape index (κ1) is 33.3. The van der Waals surface area contributed by atoms with Crippen LogP contribution in [0.3, 0.4) is 0 Å². The lowest BCUT2D eigenvalue weighted by atomic mass is 9.72. The van der Waals surface area contributed by atoms with Gasteiger partial charge in [-0.2, -0.15) is 0 Å². The number of ether oxygens (including phenoxy) is 5. The predicted octanol–water partition coefficient (Wildman–Crippen LogP) is -5.78. The highest BCUT2D eigenvalue weighted by molar-refractivity contribution is 5.05. The maximum absolute atomic E-state index is 11.2. The normalized spacial score (nSPS) is 52.0. The third kappa shape index (κ3) is 6.73. The number of hydrogen-bond donors (Lipinski definition) is 11. The maximum Gasteiger partial charge on any atom is 0.187 e. The van der Waals surface area contributed by atoms with Gasteiger partial charge in [0.1, 0.15) is 36.6 Å². The van der Waals surface area contributed by atoms with Crippen LogP contribution in [0, 0.1) is 5.92 Å². The summed E-state index contributed by atoms with van der Waals surface area (Å²) in [6.45, 7) is 1.27. The number of aliphatic hydroxyl groups excluding tert-OH is 5. The quantitative estimate of drug-likeness (QED) is 0.118. The summed E-state index contributed by atoms with van der Waals surface area (Å²) in [5, 5.41) is 52.9. The minimum Gasteiger partial charge on any atom is -0.394 e. The fourth-order valence-corrected chi connectivity index (χ4v) is 6.49. The van der Waals surface area contributed by atoms with Gasteiger partial charge in [-0.3, -0.25) is 0 Å². The summed E-state index contributed by atoms with van der Waals surface area (Å²) in [6, 6.07) is -3.08. The second-order valence-electron chi connectivity index (χ2n) is 11.8. The van der Waals surface area contributed by atoms with Crippen molar-refractivity contribution < 1.29 is 49.2 Å². The molecule has 0 aromatic carbocycles. The molecule has 4 fully saturated rings. The highest BCUT2D eigenvalue weighted by Gasteiger charge is 2.55. The molecule has 1 aliphatic carbocycles. The molecule has 1 saturated carbocycles. The van der Waals surface area contributed by atoms with Crippen LogP contribution in [0.15, 0.2) is 0 Å². The van der Waals surface area contributed by atoms with E-state index in [0.29, 0.717) is 19.3 Å². The molecule has 3 heterocycles. The Morgan fingerprint density at radius 3 is 2.07 bits per heavy atom. The molecule has 240 valence electrons. The van der Waals surface area contributed by atoms with Gasteiger partial charge in [0.05, 0.1) is 37.1 Å².